The molecule has 1 amide bonds. The maximum atomic E-state index is 12.8. The van der Waals surface area contributed by atoms with E-state index in [1.165, 1.54) is 23.5 Å². The molecule has 2 N–H and O–H groups in total. The van der Waals surface area contributed by atoms with Crippen molar-refractivity contribution in [1.82, 2.24) is 10.3 Å². The lowest BCUT2D eigenvalue weighted by atomic mass is 10.1. The summed E-state index contributed by atoms with van der Waals surface area (Å²) in [6, 6.07) is 7.94. The number of thiophene rings is 1. The van der Waals surface area contributed by atoms with E-state index >= 15 is 0 Å². The van der Waals surface area contributed by atoms with Gasteiger partial charge in [0.05, 0.1) is 15.2 Å². The van der Waals surface area contributed by atoms with E-state index in [-0.39, 0.29) is 11.7 Å². The zero-order valence-corrected chi connectivity index (χ0v) is 13.6. The van der Waals surface area contributed by atoms with Crippen LogP contribution in [0.15, 0.2) is 30.3 Å². The topological polar surface area (TPSA) is 44.9 Å². The number of halogens is 3. The van der Waals surface area contributed by atoms with Crippen LogP contribution in [0.5, 0.6) is 0 Å². The zero-order chi connectivity index (χ0) is 15.7. The van der Waals surface area contributed by atoms with Crippen LogP contribution in [0, 0.1) is 5.82 Å². The summed E-state index contributed by atoms with van der Waals surface area (Å²) in [7, 11) is 0. The fourth-order valence-electron chi connectivity index (χ4n) is 2.11. The second kappa shape index (κ2) is 6.28. The van der Waals surface area contributed by atoms with Crippen LogP contribution in [0.25, 0.3) is 10.2 Å². The molecule has 0 saturated heterocycles. The molecule has 114 valence electrons. The van der Waals surface area contributed by atoms with E-state index in [0.717, 1.165) is 10.3 Å². The molecular formula is C15H11Cl2FN2OS. The van der Waals surface area contributed by atoms with E-state index in [9.17, 15) is 9.18 Å². The summed E-state index contributed by atoms with van der Waals surface area (Å²) < 4.78 is 14.1. The van der Waals surface area contributed by atoms with E-state index < -0.39 is 0 Å². The largest absolute Gasteiger partial charge is 0.350 e. The van der Waals surface area contributed by atoms with Crippen LogP contribution in [-0.2, 0) is 6.42 Å². The molecule has 0 bridgehead atoms. The molecule has 0 saturated carbocycles. The normalized spacial score (nSPS) is 11.0. The van der Waals surface area contributed by atoms with E-state index in [0.29, 0.717) is 33.5 Å². The van der Waals surface area contributed by atoms with Gasteiger partial charge in [0.25, 0.3) is 5.91 Å². The molecule has 3 nitrogen and oxygen atoms in total. The van der Waals surface area contributed by atoms with Gasteiger partial charge in [-0.1, -0.05) is 35.3 Å². The van der Waals surface area contributed by atoms with Crippen LogP contribution in [0.2, 0.25) is 9.36 Å². The summed E-state index contributed by atoms with van der Waals surface area (Å²) in [6.45, 7) is 0.464. The van der Waals surface area contributed by atoms with E-state index in [2.05, 4.69) is 10.3 Å². The fraction of sp³-hybridized carbons (Fsp3) is 0.133. The first-order valence-electron chi connectivity index (χ1n) is 6.54. The third-order valence-electron chi connectivity index (χ3n) is 3.23. The standard InChI is InChI=1S/C15H11Cl2FN2OS/c16-12-13-11(22-14(12)17)7-10(20-13)15(21)19-6-5-8-1-3-9(18)4-2-8/h1-4,7,20H,5-6H2,(H,19,21). The Morgan fingerprint density at radius 1 is 1.27 bits per heavy atom. The average Bonchev–Trinajstić information content (AvgIpc) is 3.02. The molecule has 2 heterocycles. The second-order valence-corrected chi connectivity index (χ2v) is 6.78. The molecule has 3 rings (SSSR count). The number of hydrogen-bond acceptors (Lipinski definition) is 2. The second-order valence-electron chi connectivity index (χ2n) is 4.74. The van der Waals surface area contributed by atoms with Crippen LogP contribution < -0.4 is 5.32 Å². The molecular weight excluding hydrogens is 346 g/mol. The van der Waals surface area contributed by atoms with Crippen molar-refractivity contribution in [1.29, 1.82) is 0 Å². The van der Waals surface area contributed by atoms with Crippen molar-refractivity contribution in [3.63, 3.8) is 0 Å². The number of aromatic amines is 1. The summed E-state index contributed by atoms with van der Waals surface area (Å²) in [5, 5.41) is 3.25. The molecule has 0 aliphatic rings. The minimum absolute atomic E-state index is 0.210. The number of benzene rings is 1. The van der Waals surface area contributed by atoms with Crippen LogP contribution >= 0.6 is 34.5 Å². The first-order chi connectivity index (χ1) is 10.5. The lowest BCUT2D eigenvalue weighted by Gasteiger charge is -2.04. The van der Waals surface area contributed by atoms with Gasteiger partial charge in [-0.3, -0.25) is 4.79 Å². The average molecular weight is 357 g/mol. The molecule has 0 atom stereocenters. The van der Waals surface area contributed by atoms with Gasteiger partial charge in [0.1, 0.15) is 15.8 Å². The third kappa shape index (κ3) is 3.11. The molecule has 0 aliphatic carbocycles. The Morgan fingerprint density at radius 2 is 2.00 bits per heavy atom. The van der Waals surface area contributed by atoms with E-state index in [1.807, 2.05) is 0 Å². The highest BCUT2D eigenvalue weighted by Crippen LogP contribution is 2.38. The molecule has 7 heteroatoms. The smallest absolute Gasteiger partial charge is 0.267 e. The van der Waals surface area contributed by atoms with Gasteiger partial charge in [-0.05, 0) is 30.2 Å². The summed E-state index contributed by atoms with van der Waals surface area (Å²) in [5.74, 6) is -0.479. The summed E-state index contributed by atoms with van der Waals surface area (Å²) >= 11 is 13.3. The Hall–Kier alpha value is -1.56. The van der Waals surface area contributed by atoms with Crippen molar-refractivity contribution in [2.45, 2.75) is 6.42 Å². The number of amides is 1. The predicted octanol–water partition coefficient (Wildman–Crippen LogP) is 4.65. The number of carbonyl (C=O) groups excluding carboxylic acids is 1. The van der Waals surface area contributed by atoms with Crippen LogP contribution in [-0.4, -0.2) is 17.4 Å². The Bertz CT molecular complexity index is 826. The van der Waals surface area contributed by atoms with E-state index in [1.54, 1.807) is 18.2 Å². The molecule has 2 aromatic heterocycles. The number of rotatable bonds is 4. The van der Waals surface area contributed by atoms with Crippen molar-refractivity contribution in [3.8, 4) is 0 Å². The number of hydrogen-bond donors (Lipinski definition) is 2. The lowest BCUT2D eigenvalue weighted by molar-refractivity contribution is 0.0950. The lowest BCUT2D eigenvalue weighted by Crippen LogP contribution is -2.25. The van der Waals surface area contributed by atoms with Gasteiger partial charge in [0, 0.05) is 6.54 Å². The summed E-state index contributed by atoms with van der Waals surface area (Å²) in [6.07, 6.45) is 0.633. The van der Waals surface area contributed by atoms with Gasteiger partial charge < -0.3 is 10.3 Å². The SMILES string of the molecule is O=C(NCCc1ccc(F)cc1)c1cc2sc(Cl)c(Cl)c2[nH]1. The van der Waals surface area contributed by atoms with Crippen LogP contribution in [0.1, 0.15) is 16.1 Å². The Kier molecular flexibility index (Phi) is 4.38. The molecule has 0 aliphatic heterocycles. The Labute approximate surface area is 140 Å². The minimum atomic E-state index is -0.269. The number of carbonyl (C=O) groups is 1. The van der Waals surface area contributed by atoms with Crippen LogP contribution in [0.4, 0.5) is 4.39 Å². The number of fused-ring (bicyclic) bond motifs is 1. The van der Waals surface area contributed by atoms with Crippen molar-refractivity contribution in [3.05, 3.63) is 56.8 Å². The van der Waals surface area contributed by atoms with Crippen molar-refractivity contribution in [2.75, 3.05) is 6.54 Å². The van der Waals surface area contributed by atoms with Gasteiger partial charge in [0.2, 0.25) is 0 Å². The first-order valence-corrected chi connectivity index (χ1v) is 8.11. The van der Waals surface area contributed by atoms with Gasteiger partial charge >= 0.3 is 0 Å². The molecule has 0 fully saturated rings. The molecule has 3 aromatic rings. The summed E-state index contributed by atoms with van der Waals surface area (Å²) in [5.41, 5.74) is 2.09. The maximum Gasteiger partial charge on any atom is 0.267 e. The van der Waals surface area contributed by atoms with Crippen molar-refractivity contribution >= 4 is 50.7 Å². The van der Waals surface area contributed by atoms with Gasteiger partial charge in [0.15, 0.2) is 0 Å². The highest BCUT2D eigenvalue weighted by Gasteiger charge is 2.15. The van der Waals surface area contributed by atoms with Crippen LogP contribution in [0.3, 0.4) is 0 Å². The first kappa shape index (κ1) is 15.3. The number of aromatic nitrogens is 1. The fourth-order valence-corrected chi connectivity index (χ4v) is 3.59. The highest BCUT2D eigenvalue weighted by molar-refractivity contribution is 7.23. The highest BCUT2D eigenvalue weighted by atomic mass is 35.5. The quantitative estimate of drug-likeness (QED) is 0.702. The number of H-pyrrole nitrogens is 1. The molecule has 0 unspecified atom stereocenters. The minimum Gasteiger partial charge on any atom is -0.350 e. The third-order valence-corrected chi connectivity index (χ3v) is 5.16. The molecule has 22 heavy (non-hydrogen) atoms. The van der Waals surface area contributed by atoms with Gasteiger partial charge in [-0.2, -0.15) is 0 Å². The Morgan fingerprint density at radius 3 is 2.68 bits per heavy atom. The molecule has 0 radical (unpaired) electrons. The van der Waals surface area contributed by atoms with E-state index in [4.69, 9.17) is 23.2 Å². The zero-order valence-electron chi connectivity index (χ0n) is 11.3. The predicted molar refractivity (Wildman–Crippen MR) is 88.6 cm³/mol. The molecule has 0 spiro atoms. The van der Waals surface area contributed by atoms with Crippen molar-refractivity contribution in [2.24, 2.45) is 0 Å². The monoisotopic (exact) mass is 356 g/mol. The molecule has 1 aromatic carbocycles. The maximum absolute atomic E-state index is 12.8. The van der Waals surface area contributed by atoms with Gasteiger partial charge in [-0.25, -0.2) is 4.39 Å². The van der Waals surface area contributed by atoms with Crippen molar-refractivity contribution < 1.29 is 9.18 Å². The number of nitrogens with one attached hydrogen (secondary N) is 2. The Balaban J connectivity index is 1.62. The summed E-state index contributed by atoms with van der Waals surface area (Å²) in [4.78, 5) is 15.1. The van der Waals surface area contributed by atoms with Gasteiger partial charge in [-0.15, -0.1) is 11.3 Å².